The van der Waals surface area contributed by atoms with Crippen molar-refractivity contribution in [1.82, 2.24) is 15.0 Å². The van der Waals surface area contributed by atoms with Gasteiger partial charge in [0.1, 0.15) is 0 Å². The predicted molar refractivity (Wildman–Crippen MR) is 252 cm³/mol. The maximum atomic E-state index is 5.04. The number of anilines is 3. The van der Waals surface area contributed by atoms with E-state index >= 15 is 0 Å². The Morgan fingerprint density at radius 2 is 0.700 bits per heavy atom. The second-order valence-electron chi connectivity index (χ2n) is 14.8. The second-order valence-corrected chi connectivity index (χ2v) is 15.9. The quantitative estimate of drug-likeness (QED) is 0.154. The molecule has 0 aliphatic carbocycles. The molecule has 60 heavy (non-hydrogen) atoms. The minimum atomic E-state index is 0.650. The summed E-state index contributed by atoms with van der Waals surface area (Å²) >= 11 is 1.81. The summed E-state index contributed by atoms with van der Waals surface area (Å²) < 4.78 is 2.40. The SMILES string of the molecule is c1ccc(-c2ccc(N(c3ccc(-c4ccccc4)cc3)c3cc4sc5cc(-c6nc(-c7ccccc7)nc(-c7ccccc7)n6)ccc5c4c4ccccc34)cc2)cc1. The lowest BCUT2D eigenvalue weighted by Gasteiger charge is -2.27. The van der Waals surface area contributed by atoms with Crippen LogP contribution in [0, 0.1) is 0 Å². The number of rotatable bonds is 8. The van der Waals surface area contributed by atoms with Gasteiger partial charge in [-0.15, -0.1) is 11.3 Å². The molecular formula is C55H36N4S. The molecule has 0 fully saturated rings. The Morgan fingerprint density at radius 1 is 0.300 bits per heavy atom. The van der Waals surface area contributed by atoms with Crippen LogP contribution >= 0.6 is 11.3 Å². The van der Waals surface area contributed by atoms with Crippen LogP contribution in [0.5, 0.6) is 0 Å². The Kier molecular flexibility index (Phi) is 8.99. The molecule has 4 nitrogen and oxygen atoms in total. The average molecular weight is 785 g/mol. The number of fused-ring (bicyclic) bond motifs is 5. The summed E-state index contributed by atoms with van der Waals surface area (Å²) in [7, 11) is 0. The summed E-state index contributed by atoms with van der Waals surface area (Å²) in [6, 6.07) is 77.1. The third-order valence-corrected chi connectivity index (χ3v) is 12.2. The Morgan fingerprint density at radius 3 is 1.20 bits per heavy atom. The van der Waals surface area contributed by atoms with Gasteiger partial charge in [0.05, 0.1) is 5.69 Å². The van der Waals surface area contributed by atoms with Crippen LogP contribution in [0.1, 0.15) is 0 Å². The van der Waals surface area contributed by atoms with Crippen LogP contribution in [0.15, 0.2) is 218 Å². The van der Waals surface area contributed by atoms with E-state index in [9.17, 15) is 0 Å². The third kappa shape index (κ3) is 6.57. The number of aromatic nitrogens is 3. The molecule has 0 bridgehead atoms. The number of nitrogens with zero attached hydrogens (tertiary/aromatic N) is 4. The molecule has 5 heteroatoms. The standard InChI is InChI=1S/C55H36N4S/c1-5-15-37(16-6-1)39-25-30-44(31-26-39)59(45-32-27-40(28-33-45)38-17-7-2-8-18-38)49-36-51-52(47-24-14-13-23-46(47)49)48-34-29-43(35-50(48)60-51)55-57-53(41-19-9-3-10-20-41)56-54(58-55)42-21-11-4-12-22-42/h1-36H. The van der Waals surface area contributed by atoms with Crippen molar-refractivity contribution in [3.8, 4) is 56.4 Å². The molecular weight excluding hydrogens is 749 g/mol. The molecule has 0 spiro atoms. The first-order chi connectivity index (χ1) is 29.7. The van der Waals surface area contributed by atoms with Crippen molar-refractivity contribution >= 4 is 59.3 Å². The Labute approximate surface area is 352 Å². The van der Waals surface area contributed by atoms with Gasteiger partial charge in [0, 0.05) is 53.6 Å². The van der Waals surface area contributed by atoms with Gasteiger partial charge >= 0.3 is 0 Å². The molecule has 282 valence electrons. The number of thiophene rings is 1. The zero-order chi connectivity index (χ0) is 39.8. The van der Waals surface area contributed by atoms with E-state index in [1.807, 2.05) is 72.0 Å². The summed E-state index contributed by atoms with van der Waals surface area (Å²) in [5, 5.41) is 4.87. The third-order valence-electron chi connectivity index (χ3n) is 11.1. The van der Waals surface area contributed by atoms with Crippen molar-refractivity contribution in [3.63, 3.8) is 0 Å². The molecule has 0 saturated heterocycles. The molecule has 0 N–H and O–H groups in total. The summed E-state index contributed by atoms with van der Waals surface area (Å²) in [4.78, 5) is 17.4. The summed E-state index contributed by atoms with van der Waals surface area (Å²) in [5.74, 6) is 1.96. The molecule has 11 aromatic rings. The van der Waals surface area contributed by atoms with Gasteiger partial charge < -0.3 is 4.90 Å². The molecule has 2 aromatic heterocycles. The smallest absolute Gasteiger partial charge is 0.164 e. The van der Waals surface area contributed by atoms with Crippen LogP contribution < -0.4 is 4.90 Å². The molecule has 0 amide bonds. The van der Waals surface area contributed by atoms with Crippen LogP contribution in [-0.4, -0.2) is 15.0 Å². The van der Waals surface area contributed by atoms with Crippen LogP contribution in [0.4, 0.5) is 17.1 Å². The second kappa shape index (κ2) is 15.2. The normalized spacial score (nSPS) is 11.3. The lowest BCUT2D eigenvalue weighted by Crippen LogP contribution is -2.10. The average Bonchev–Trinajstić information content (AvgIpc) is 3.71. The highest BCUT2D eigenvalue weighted by atomic mass is 32.1. The molecule has 0 unspecified atom stereocenters. The van der Waals surface area contributed by atoms with Gasteiger partial charge in [-0.05, 0) is 64.0 Å². The Balaban J connectivity index is 1.07. The van der Waals surface area contributed by atoms with E-state index in [4.69, 9.17) is 15.0 Å². The molecule has 2 heterocycles. The van der Waals surface area contributed by atoms with Crippen molar-refractivity contribution in [2.45, 2.75) is 0 Å². The first kappa shape index (κ1) is 35.4. The van der Waals surface area contributed by atoms with Gasteiger partial charge in [-0.1, -0.05) is 182 Å². The van der Waals surface area contributed by atoms with Crippen LogP contribution in [-0.2, 0) is 0 Å². The van der Waals surface area contributed by atoms with E-state index in [1.54, 1.807) is 0 Å². The van der Waals surface area contributed by atoms with Gasteiger partial charge in [-0.3, -0.25) is 0 Å². The predicted octanol–water partition coefficient (Wildman–Crippen LogP) is 15.2. The van der Waals surface area contributed by atoms with E-state index in [1.165, 1.54) is 53.2 Å². The lowest BCUT2D eigenvalue weighted by atomic mass is 9.99. The molecule has 0 radical (unpaired) electrons. The van der Waals surface area contributed by atoms with Crippen molar-refractivity contribution in [2.75, 3.05) is 4.90 Å². The summed E-state index contributed by atoms with van der Waals surface area (Å²) in [6.45, 7) is 0. The first-order valence-electron chi connectivity index (χ1n) is 20.1. The van der Waals surface area contributed by atoms with E-state index in [2.05, 4.69) is 163 Å². The van der Waals surface area contributed by atoms with Crippen molar-refractivity contribution in [3.05, 3.63) is 218 Å². The van der Waals surface area contributed by atoms with E-state index in [0.717, 1.165) is 33.8 Å². The highest BCUT2D eigenvalue weighted by Gasteiger charge is 2.21. The van der Waals surface area contributed by atoms with Gasteiger partial charge in [-0.25, -0.2) is 15.0 Å². The highest BCUT2D eigenvalue weighted by molar-refractivity contribution is 7.26. The Hall–Kier alpha value is -7.73. The number of hydrogen-bond acceptors (Lipinski definition) is 5. The van der Waals surface area contributed by atoms with Crippen molar-refractivity contribution in [1.29, 1.82) is 0 Å². The number of benzene rings is 9. The van der Waals surface area contributed by atoms with Crippen LogP contribution in [0.2, 0.25) is 0 Å². The summed E-state index contributed by atoms with van der Waals surface area (Å²) in [6.07, 6.45) is 0. The fourth-order valence-corrected chi connectivity index (χ4v) is 9.37. The van der Waals surface area contributed by atoms with Gasteiger partial charge in [0.25, 0.3) is 0 Å². The van der Waals surface area contributed by atoms with Gasteiger partial charge in [-0.2, -0.15) is 0 Å². The zero-order valence-electron chi connectivity index (χ0n) is 32.5. The lowest BCUT2D eigenvalue weighted by molar-refractivity contribution is 1.07. The molecule has 9 aromatic carbocycles. The van der Waals surface area contributed by atoms with Crippen LogP contribution in [0.3, 0.4) is 0 Å². The van der Waals surface area contributed by atoms with Crippen LogP contribution in [0.25, 0.3) is 87.4 Å². The minimum absolute atomic E-state index is 0.650. The monoisotopic (exact) mass is 784 g/mol. The maximum Gasteiger partial charge on any atom is 0.164 e. The first-order valence-corrected chi connectivity index (χ1v) is 20.9. The maximum absolute atomic E-state index is 5.04. The summed E-state index contributed by atoms with van der Waals surface area (Å²) in [5.41, 5.74) is 10.9. The highest BCUT2D eigenvalue weighted by Crippen LogP contribution is 2.47. The Bertz CT molecular complexity index is 3140. The van der Waals surface area contributed by atoms with Gasteiger partial charge in [0.2, 0.25) is 0 Å². The van der Waals surface area contributed by atoms with Crippen molar-refractivity contribution in [2.24, 2.45) is 0 Å². The molecule has 11 rings (SSSR count). The van der Waals surface area contributed by atoms with Crippen molar-refractivity contribution < 1.29 is 0 Å². The fourth-order valence-electron chi connectivity index (χ4n) is 8.18. The topological polar surface area (TPSA) is 41.9 Å². The fraction of sp³-hybridized carbons (Fsp3) is 0. The molecule has 0 saturated carbocycles. The largest absolute Gasteiger partial charge is 0.310 e. The molecule has 0 atom stereocenters. The molecule has 0 aliphatic rings. The van der Waals surface area contributed by atoms with E-state index in [-0.39, 0.29) is 0 Å². The van der Waals surface area contributed by atoms with E-state index < -0.39 is 0 Å². The van der Waals surface area contributed by atoms with Gasteiger partial charge in [0.15, 0.2) is 17.5 Å². The zero-order valence-corrected chi connectivity index (χ0v) is 33.3. The van der Waals surface area contributed by atoms with E-state index in [0.29, 0.717) is 17.5 Å². The molecule has 0 aliphatic heterocycles. The number of hydrogen-bond donors (Lipinski definition) is 0. The minimum Gasteiger partial charge on any atom is -0.310 e.